The van der Waals surface area contributed by atoms with Gasteiger partial charge in [0.15, 0.2) is 0 Å². The first kappa shape index (κ1) is 18.6. The summed E-state index contributed by atoms with van der Waals surface area (Å²) in [6, 6.07) is 15.4. The van der Waals surface area contributed by atoms with E-state index in [1.165, 1.54) is 10.9 Å². The number of carbonyl (C=O) groups is 1. The van der Waals surface area contributed by atoms with Crippen LogP contribution in [0.1, 0.15) is 12.5 Å². The summed E-state index contributed by atoms with van der Waals surface area (Å²) in [5.74, 6) is 1.57. The van der Waals surface area contributed by atoms with E-state index < -0.39 is 0 Å². The minimum atomic E-state index is -0.190. The molecule has 27 heavy (non-hydrogen) atoms. The number of benzene rings is 2. The van der Waals surface area contributed by atoms with Gasteiger partial charge in [-0.25, -0.2) is 4.79 Å². The average molecular weight is 367 g/mol. The van der Waals surface area contributed by atoms with Gasteiger partial charge in [0.2, 0.25) is 0 Å². The number of aromatic nitrogens is 1. The second kappa shape index (κ2) is 9.52. The predicted molar refractivity (Wildman–Crippen MR) is 107 cm³/mol. The maximum absolute atomic E-state index is 11.9. The molecule has 0 unspecified atom stereocenters. The lowest BCUT2D eigenvalue weighted by molar-refractivity contribution is 0.236. The van der Waals surface area contributed by atoms with Gasteiger partial charge in [0.25, 0.3) is 0 Å². The Morgan fingerprint density at radius 3 is 2.44 bits per heavy atom. The van der Waals surface area contributed by atoms with Gasteiger partial charge in [-0.05, 0) is 49.2 Å². The van der Waals surface area contributed by atoms with Crippen LogP contribution in [0.5, 0.6) is 11.5 Å². The van der Waals surface area contributed by atoms with Crippen LogP contribution >= 0.6 is 0 Å². The van der Waals surface area contributed by atoms with E-state index in [-0.39, 0.29) is 6.03 Å². The first-order chi connectivity index (χ1) is 13.3. The third-order valence-electron chi connectivity index (χ3n) is 4.15. The summed E-state index contributed by atoms with van der Waals surface area (Å²) >= 11 is 0. The lowest BCUT2D eigenvalue weighted by Gasteiger charge is -2.09. The molecule has 0 spiro atoms. The molecule has 0 saturated heterocycles. The maximum Gasteiger partial charge on any atom is 0.314 e. The highest BCUT2D eigenvalue weighted by molar-refractivity contribution is 5.83. The summed E-state index contributed by atoms with van der Waals surface area (Å²) in [4.78, 5) is 15.1. The van der Waals surface area contributed by atoms with Crippen LogP contribution < -0.4 is 20.1 Å². The Morgan fingerprint density at radius 2 is 1.67 bits per heavy atom. The number of carbonyl (C=O) groups excluding carboxylic acids is 1. The summed E-state index contributed by atoms with van der Waals surface area (Å²) < 4.78 is 11.0. The zero-order chi connectivity index (χ0) is 18.9. The summed E-state index contributed by atoms with van der Waals surface area (Å²) in [5, 5.41) is 6.86. The molecule has 0 aliphatic carbocycles. The topological polar surface area (TPSA) is 75.4 Å². The second-order valence-corrected chi connectivity index (χ2v) is 6.05. The van der Waals surface area contributed by atoms with E-state index in [1.807, 2.05) is 55.6 Å². The monoisotopic (exact) mass is 367 g/mol. The van der Waals surface area contributed by atoms with E-state index in [0.29, 0.717) is 26.3 Å². The molecular weight excluding hydrogens is 342 g/mol. The number of ether oxygens (including phenoxy) is 2. The predicted octanol–water partition coefficient (Wildman–Crippen LogP) is 3.49. The number of aromatic amines is 1. The standard InChI is InChI=1S/C21H25N3O3/c1-2-26-17-7-9-18(10-8-17)27-14-13-23-21(25)22-12-11-16-15-24-20-6-4-3-5-19(16)20/h3-10,15,24H,2,11-14H2,1H3,(H2,22,23,25). The van der Waals surface area contributed by atoms with Gasteiger partial charge in [0, 0.05) is 23.6 Å². The Morgan fingerprint density at radius 1 is 0.963 bits per heavy atom. The summed E-state index contributed by atoms with van der Waals surface area (Å²) in [6.07, 6.45) is 2.77. The van der Waals surface area contributed by atoms with Crippen molar-refractivity contribution in [2.75, 3.05) is 26.3 Å². The average Bonchev–Trinajstić information content (AvgIpc) is 3.10. The van der Waals surface area contributed by atoms with Crippen molar-refractivity contribution in [1.82, 2.24) is 15.6 Å². The Hall–Kier alpha value is -3.15. The van der Waals surface area contributed by atoms with Crippen LogP contribution in [-0.4, -0.2) is 37.3 Å². The molecule has 0 fully saturated rings. The largest absolute Gasteiger partial charge is 0.494 e. The maximum atomic E-state index is 11.9. The van der Waals surface area contributed by atoms with Crippen LogP contribution in [0.15, 0.2) is 54.7 Å². The fraction of sp³-hybridized carbons (Fsp3) is 0.286. The molecular formula is C21H25N3O3. The molecule has 6 nitrogen and oxygen atoms in total. The lowest BCUT2D eigenvalue weighted by atomic mass is 10.1. The number of nitrogens with one attached hydrogen (secondary N) is 3. The van der Waals surface area contributed by atoms with Gasteiger partial charge in [-0.1, -0.05) is 18.2 Å². The number of H-pyrrole nitrogens is 1. The molecule has 2 amide bonds. The van der Waals surface area contributed by atoms with Crippen molar-refractivity contribution in [3.8, 4) is 11.5 Å². The highest BCUT2D eigenvalue weighted by Gasteiger charge is 2.04. The zero-order valence-corrected chi connectivity index (χ0v) is 15.5. The zero-order valence-electron chi connectivity index (χ0n) is 15.5. The lowest BCUT2D eigenvalue weighted by Crippen LogP contribution is -2.38. The molecule has 2 aromatic carbocycles. The third-order valence-corrected chi connectivity index (χ3v) is 4.15. The van der Waals surface area contributed by atoms with Gasteiger partial charge in [-0.2, -0.15) is 0 Å². The third kappa shape index (κ3) is 5.41. The van der Waals surface area contributed by atoms with Crippen molar-refractivity contribution in [2.24, 2.45) is 0 Å². The fourth-order valence-electron chi connectivity index (χ4n) is 2.84. The number of para-hydroxylation sites is 1. The minimum Gasteiger partial charge on any atom is -0.494 e. The van der Waals surface area contributed by atoms with Gasteiger partial charge >= 0.3 is 6.03 Å². The first-order valence-electron chi connectivity index (χ1n) is 9.18. The molecule has 3 N–H and O–H groups in total. The molecule has 142 valence electrons. The molecule has 0 saturated carbocycles. The van der Waals surface area contributed by atoms with E-state index in [4.69, 9.17) is 9.47 Å². The number of hydrogen-bond donors (Lipinski definition) is 3. The highest BCUT2D eigenvalue weighted by Crippen LogP contribution is 2.18. The SMILES string of the molecule is CCOc1ccc(OCCNC(=O)NCCc2c[nH]c3ccccc23)cc1. The van der Waals surface area contributed by atoms with Crippen molar-refractivity contribution in [3.63, 3.8) is 0 Å². The van der Waals surface area contributed by atoms with Crippen LogP contribution in [0.4, 0.5) is 4.79 Å². The Balaban J connectivity index is 1.31. The van der Waals surface area contributed by atoms with Crippen LogP contribution in [-0.2, 0) is 6.42 Å². The van der Waals surface area contributed by atoms with Crippen LogP contribution in [0, 0.1) is 0 Å². The Labute approximate surface area is 158 Å². The molecule has 0 aliphatic rings. The van der Waals surface area contributed by atoms with Crippen molar-refractivity contribution in [1.29, 1.82) is 0 Å². The van der Waals surface area contributed by atoms with Crippen molar-refractivity contribution in [3.05, 3.63) is 60.3 Å². The fourth-order valence-corrected chi connectivity index (χ4v) is 2.84. The van der Waals surface area contributed by atoms with Gasteiger partial charge in [0.1, 0.15) is 18.1 Å². The normalized spacial score (nSPS) is 10.6. The van der Waals surface area contributed by atoms with Crippen LogP contribution in [0.25, 0.3) is 10.9 Å². The molecule has 3 aromatic rings. The van der Waals surface area contributed by atoms with Crippen LogP contribution in [0.3, 0.4) is 0 Å². The van der Waals surface area contributed by atoms with Gasteiger partial charge < -0.3 is 25.1 Å². The van der Waals surface area contributed by atoms with Gasteiger partial charge in [0.05, 0.1) is 13.2 Å². The van der Waals surface area contributed by atoms with E-state index in [9.17, 15) is 4.79 Å². The minimum absolute atomic E-state index is 0.190. The summed E-state index contributed by atoms with van der Waals surface area (Å²) in [5.41, 5.74) is 2.31. The molecule has 0 bridgehead atoms. The molecule has 1 heterocycles. The Kier molecular flexibility index (Phi) is 6.57. The summed E-state index contributed by atoms with van der Waals surface area (Å²) in [6.45, 7) is 4.00. The second-order valence-electron chi connectivity index (χ2n) is 6.05. The number of rotatable bonds is 9. The number of urea groups is 1. The molecule has 0 radical (unpaired) electrons. The highest BCUT2D eigenvalue weighted by atomic mass is 16.5. The smallest absolute Gasteiger partial charge is 0.314 e. The van der Waals surface area contributed by atoms with Crippen molar-refractivity contribution in [2.45, 2.75) is 13.3 Å². The molecule has 0 atom stereocenters. The van der Waals surface area contributed by atoms with Crippen molar-refractivity contribution >= 4 is 16.9 Å². The molecule has 6 heteroatoms. The van der Waals surface area contributed by atoms with E-state index in [1.54, 1.807) is 0 Å². The van der Waals surface area contributed by atoms with Gasteiger partial charge in [-0.15, -0.1) is 0 Å². The quantitative estimate of drug-likeness (QED) is 0.507. The van der Waals surface area contributed by atoms with E-state index >= 15 is 0 Å². The number of hydrogen-bond acceptors (Lipinski definition) is 3. The van der Waals surface area contributed by atoms with Crippen LogP contribution in [0.2, 0.25) is 0 Å². The summed E-state index contributed by atoms with van der Waals surface area (Å²) in [7, 11) is 0. The Bertz CT molecular complexity index is 858. The van der Waals surface area contributed by atoms with E-state index in [0.717, 1.165) is 23.4 Å². The first-order valence-corrected chi connectivity index (χ1v) is 9.18. The number of amides is 2. The van der Waals surface area contributed by atoms with Gasteiger partial charge in [-0.3, -0.25) is 0 Å². The molecule has 0 aliphatic heterocycles. The molecule has 1 aromatic heterocycles. The number of fused-ring (bicyclic) bond motifs is 1. The molecule has 3 rings (SSSR count). The van der Waals surface area contributed by atoms with Crippen molar-refractivity contribution < 1.29 is 14.3 Å². The van der Waals surface area contributed by atoms with E-state index in [2.05, 4.69) is 21.7 Å².